The zero-order valence-corrected chi connectivity index (χ0v) is 85.4. The van der Waals surface area contributed by atoms with E-state index in [1.807, 2.05) is 69.6 Å². The lowest BCUT2D eigenvalue weighted by Crippen LogP contribution is -2.45. The number of aryl methyl sites for hydroxylation is 3. The topological polar surface area (TPSA) is 297 Å². The van der Waals surface area contributed by atoms with E-state index in [0.29, 0.717) is 99.2 Å². The molecule has 20 rings (SSSR count). The van der Waals surface area contributed by atoms with Crippen LogP contribution in [0.2, 0.25) is 0 Å². The van der Waals surface area contributed by atoms with Crippen molar-refractivity contribution in [1.82, 2.24) is 53.2 Å². The Labute approximate surface area is 855 Å². The molecule has 12 atom stereocenters. The largest absolute Gasteiger partial charge is 0.496 e. The number of rotatable bonds is 26. The summed E-state index contributed by atoms with van der Waals surface area (Å²) in [5.41, 5.74) is 20.1. The van der Waals surface area contributed by atoms with E-state index in [-0.39, 0.29) is 78.4 Å². The number of fused-ring (bicyclic) bond motifs is 5. The van der Waals surface area contributed by atoms with Crippen molar-refractivity contribution in [2.24, 2.45) is 5.92 Å². The molecule has 10 aromatic carbocycles. The lowest BCUT2D eigenvalue weighted by molar-refractivity contribution is -0.132. The third kappa shape index (κ3) is 26.5. The van der Waals surface area contributed by atoms with Crippen LogP contribution < -0.4 is 102 Å². The van der Waals surface area contributed by atoms with Crippen molar-refractivity contribution in [3.8, 4) is 28.7 Å². The Kier molecular flexibility index (Phi) is 36.9. The predicted molar refractivity (Wildman–Crippen MR) is 565 cm³/mol. The molecule has 0 spiro atoms. The third-order valence-electron chi connectivity index (χ3n) is 30.2. The molecule has 776 valence electrons. The molecule has 0 bridgehead atoms. The van der Waals surface area contributed by atoms with Gasteiger partial charge in [0.15, 0.2) is 0 Å². The summed E-state index contributed by atoms with van der Waals surface area (Å²) in [6.07, 6.45) is 9.70. The Morgan fingerprint density at radius 2 is 0.692 bits per heavy atom. The van der Waals surface area contributed by atoms with E-state index in [2.05, 4.69) is 192 Å². The van der Waals surface area contributed by atoms with Gasteiger partial charge in [-0.3, -0.25) is 24.0 Å². The quantitative estimate of drug-likeness (QED) is 0.0224. The summed E-state index contributed by atoms with van der Waals surface area (Å²) in [5, 5.41) is 49.8. The number of piperidine rings is 5. The van der Waals surface area contributed by atoms with Gasteiger partial charge in [-0.05, 0) is 245 Å². The van der Waals surface area contributed by atoms with Crippen LogP contribution in [0.5, 0.6) is 28.7 Å². The lowest BCUT2D eigenvalue weighted by Gasteiger charge is -2.34. The SMILES string of the molecule is COc1cc2c(cc1CNC1CCCN[C@H]1c1ccc(F)cc1)N(C)C(=O)CC2.COc1cc2c(cc1CNC1CCCN[C@H]1c1ccccc1)N(C)C(=O)C(C)C2.COc1cc2c(cc1CNC1CCCN[C@H]1c1ccccc1)N(C)C(=O)CC2O.COc1cc2c(cc1CNC1CCCN[C@H]1c1ccccc1)N(CC(F)(F)F)C(=O)CC2.COc1cc2c(cc1CNC1CCCN[C@H]1c1ccccc1)NC(=O)CC2. The van der Waals surface area contributed by atoms with Crippen LogP contribution in [-0.4, -0.2) is 167 Å². The molecular formula is C116H143F4N15O11. The van der Waals surface area contributed by atoms with Crippen LogP contribution in [0.3, 0.4) is 0 Å². The minimum absolute atomic E-state index is 0.0149. The van der Waals surface area contributed by atoms with Crippen LogP contribution in [0.1, 0.15) is 217 Å². The van der Waals surface area contributed by atoms with Crippen LogP contribution >= 0.6 is 0 Å². The molecule has 10 aliphatic rings. The van der Waals surface area contributed by atoms with Crippen LogP contribution in [0.25, 0.3) is 0 Å². The maximum atomic E-state index is 13.3. The molecular weight excluding hydrogens is 1860 g/mol. The van der Waals surface area contributed by atoms with Gasteiger partial charge in [-0.25, -0.2) is 4.39 Å². The molecule has 7 unspecified atom stereocenters. The fourth-order valence-corrected chi connectivity index (χ4v) is 22.3. The molecule has 5 saturated heterocycles. The highest BCUT2D eigenvalue weighted by Gasteiger charge is 2.40. The number of halogens is 4. The smallest absolute Gasteiger partial charge is 0.406 e. The number of ether oxygens (including phenoxy) is 5. The number of anilines is 5. The summed E-state index contributed by atoms with van der Waals surface area (Å²) < 4.78 is 80.8. The van der Waals surface area contributed by atoms with Gasteiger partial charge in [0.2, 0.25) is 29.5 Å². The minimum Gasteiger partial charge on any atom is -0.496 e. The van der Waals surface area contributed by atoms with Crippen molar-refractivity contribution < 1.29 is 70.3 Å². The summed E-state index contributed by atoms with van der Waals surface area (Å²) in [6.45, 7) is 8.84. The number of aliphatic hydroxyl groups excluding tert-OH is 1. The number of hydrogen-bond acceptors (Lipinski definition) is 21. The summed E-state index contributed by atoms with van der Waals surface area (Å²) >= 11 is 0. The van der Waals surface area contributed by atoms with Gasteiger partial charge in [-0.2, -0.15) is 13.2 Å². The molecule has 30 heteroatoms. The standard InChI is InChI=1S/C24H28F3N3O2.C24H31N3O2.C23H28FN3O2.C23H29N3O3.C22H27N3O2/c1-32-21-13-17-9-10-22(31)30(15-24(25,26)27)20(17)12-18(21)14-29-19-8-5-11-28-23(19)16-6-3-2-4-7-16;1-16-12-18-14-22(29-3)19(13-21(18)27(2)24(16)28)15-26-20-10-7-11-25-23(20)17-8-5-4-6-9-17;1-27-20-12-17(21(29-2)13-16(20)7-10-22(27)28)14-26-19-4-3-11-25-23(19)15-5-8-18(24)9-6-15;1-26-19-11-16(21(29-2)12-17(19)20(27)13-22(26)28)14-25-18-9-6-10-24-23(18)15-7-4-3-5-8-15;1-27-20-13-16-9-10-21(26)25-19(16)12-17(20)14-24-18-8-5-11-23-22(18)15-6-3-2-4-7-15/h2-4,6-7,12-13,19,23,28-29H,5,8-11,14-15H2,1H3;4-6,8-9,13-14,16,20,23,25-26H,7,10-12,15H2,1-3H3;5-6,8-9,12-13,19,23,25-26H,3-4,7,10-11,14H2,1-2H3;3-5,7-8,11-12,18,20,23-25,27H,6,9-10,13-14H2,1-2H3;2-4,6-7,12-13,18,22-24H,5,8-11,14H2,1H3,(H,25,26)/t19?,23-;16?,20?,23-;19?,23-;18?,20?,23-;18?,22-/m00000/s1. The average Bonchev–Trinajstić information content (AvgIpc) is 0.771. The van der Waals surface area contributed by atoms with Crippen LogP contribution in [0, 0.1) is 11.7 Å². The fourth-order valence-electron chi connectivity index (χ4n) is 22.3. The van der Waals surface area contributed by atoms with E-state index < -0.39 is 24.7 Å². The van der Waals surface area contributed by atoms with Crippen LogP contribution in [0.15, 0.2) is 206 Å². The summed E-state index contributed by atoms with van der Waals surface area (Å²) in [4.78, 5) is 66.7. The van der Waals surface area contributed by atoms with E-state index in [1.165, 1.54) is 46.4 Å². The molecule has 146 heavy (non-hydrogen) atoms. The van der Waals surface area contributed by atoms with Crippen LogP contribution in [0.4, 0.5) is 46.0 Å². The van der Waals surface area contributed by atoms with Gasteiger partial charge in [0, 0.05) is 201 Å². The number of carbonyl (C=O) groups is 5. The van der Waals surface area contributed by atoms with Gasteiger partial charge in [0.25, 0.3) is 0 Å². The van der Waals surface area contributed by atoms with E-state index in [1.54, 1.807) is 69.4 Å². The summed E-state index contributed by atoms with van der Waals surface area (Å²) in [7, 11) is 13.8. The van der Waals surface area contributed by atoms with E-state index in [9.17, 15) is 46.6 Å². The molecule has 0 aromatic heterocycles. The second-order valence-electron chi connectivity index (χ2n) is 39.7. The molecule has 26 nitrogen and oxygen atoms in total. The minimum atomic E-state index is -4.46. The van der Waals surface area contributed by atoms with Crippen LogP contribution in [-0.2, 0) is 82.4 Å². The van der Waals surface area contributed by atoms with Gasteiger partial charge in [-0.15, -0.1) is 0 Å². The highest BCUT2D eigenvalue weighted by molar-refractivity contribution is 6.00. The van der Waals surface area contributed by atoms with Crippen molar-refractivity contribution in [2.75, 3.05) is 121 Å². The second-order valence-corrected chi connectivity index (χ2v) is 39.7. The monoisotopic (exact) mass is 2000 g/mol. The maximum Gasteiger partial charge on any atom is 0.406 e. The van der Waals surface area contributed by atoms with Crippen molar-refractivity contribution >= 4 is 58.0 Å². The average molecular weight is 2000 g/mol. The van der Waals surface area contributed by atoms with Gasteiger partial charge in [-0.1, -0.05) is 140 Å². The number of aliphatic hydroxyl groups is 1. The Balaban J connectivity index is 0.000000131. The van der Waals surface area contributed by atoms with Gasteiger partial charge in [0.1, 0.15) is 41.1 Å². The molecule has 10 heterocycles. The number of methoxy groups -OCH3 is 5. The lowest BCUT2D eigenvalue weighted by atomic mass is 9.91. The number of benzene rings is 10. The summed E-state index contributed by atoms with van der Waals surface area (Å²) in [6, 6.07) is 71.1. The van der Waals surface area contributed by atoms with Gasteiger partial charge < -0.3 is 107 Å². The van der Waals surface area contributed by atoms with E-state index in [4.69, 9.17) is 23.7 Å². The number of amides is 5. The molecule has 0 aliphatic carbocycles. The third-order valence-corrected chi connectivity index (χ3v) is 30.2. The number of nitrogens with zero attached hydrogens (tertiary/aromatic N) is 4. The Morgan fingerprint density at radius 1 is 0.363 bits per heavy atom. The second kappa shape index (κ2) is 50.5. The van der Waals surface area contributed by atoms with Gasteiger partial charge >= 0.3 is 6.18 Å². The first-order valence-electron chi connectivity index (χ1n) is 51.8. The highest BCUT2D eigenvalue weighted by Crippen LogP contribution is 2.44. The molecule has 0 saturated carbocycles. The number of alkyl halides is 3. The van der Waals surface area contributed by atoms with Crippen molar-refractivity contribution in [2.45, 2.75) is 228 Å². The molecule has 0 radical (unpaired) electrons. The van der Waals surface area contributed by atoms with Crippen molar-refractivity contribution in [1.29, 1.82) is 0 Å². The van der Waals surface area contributed by atoms with Gasteiger partial charge in [0.05, 0.1) is 48.1 Å². The predicted octanol–water partition coefficient (Wildman–Crippen LogP) is 16.7. The maximum absolute atomic E-state index is 13.3. The molecule has 12 N–H and O–H groups in total. The summed E-state index contributed by atoms with van der Waals surface area (Å²) in [5.74, 6) is 3.63. The molecule has 10 aliphatic heterocycles. The zero-order chi connectivity index (χ0) is 102. The number of nitrogens with one attached hydrogen (secondary N) is 11. The van der Waals surface area contributed by atoms with E-state index in [0.717, 1.165) is 210 Å². The van der Waals surface area contributed by atoms with E-state index >= 15 is 0 Å². The van der Waals surface area contributed by atoms with Crippen molar-refractivity contribution in [3.63, 3.8) is 0 Å². The number of hydrogen-bond donors (Lipinski definition) is 12. The van der Waals surface area contributed by atoms with Crippen molar-refractivity contribution in [3.05, 3.63) is 296 Å². The number of carbonyl (C=O) groups excluding carboxylic acids is 5. The Hall–Kier alpha value is -12.2. The normalized spacial score (nSPS) is 22.7. The Bertz CT molecular complexity index is 6080. The first-order chi connectivity index (χ1) is 70.8. The first-order valence-corrected chi connectivity index (χ1v) is 51.8. The fraction of sp³-hybridized carbons (Fsp3) is 0.440. The zero-order valence-electron chi connectivity index (χ0n) is 85.4. The molecule has 5 fully saturated rings. The molecule has 5 amide bonds. The Morgan fingerprint density at radius 3 is 1.09 bits per heavy atom. The molecule has 10 aromatic rings. The first kappa shape index (κ1) is 107. The highest BCUT2D eigenvalue weighted by atomic mass is 19.4.